The van der Waals surface area contributed by atoms with Gasteiger partial charge in [-0.15, -0.1) is 0 Å². The molecule has 4 atom stereocenters. The standard InChI is InChI=1S/C13H19NO3/c1-7-5-14(6-11(7)13(16)17)12(15)10-3-8-2-9(8)4-10/h7-11H,2-6H2,1H3,(H,16,17). The highest BCUT2D eigenvalue weighted by Gasteiger charge is 2.50. The Balaban J connectivity index is 1.61. The smallest absolute Gasteiger partial charge is 0.308 e. The number of fused-ring (bicyclic) bond motifs is 1. The van der Waals surface area contributed by atoms with Crippen molar-refractivity contribution in [1.29, 1.82) is 0 Å². The van der Waals surface area contributed by atoms with E-state index < -0.39 is 5.97 Å². The summed E-state index contributed by atoms with van der Waals surface area (Å²) in [5, 5.41) is 9.06. The molecule has 1 N–H and O–H groups in total. The van der Waals surface area contributed by atoms with E-state index in [1.807, 2.05) is 6.92 Å². The quantitative estimate of drug-likeness (QED) is 0.785. The van der Waals surface area contributed by atoms with E-state index in [4.69, 9.17) is 5.11 Å². The number of nitrogens with zero attached hydrogens (tertiary/aromatic N) is 1. The average molecular weight is 237 g/mol. The highest BCUT2D eigenvalue weighted by molar-refractivity contribution is 5.81. The summed E-state index contributed by atoms with van der Waals surface area (Å²) in [6.45, 7) is 2.97. The zero-order valence-corrected chi connectivity index (χ0v) is 10.1. The molecule has 1 aliphatic heterocycles. The van der Waals surface area contributed by atoms with Crippen LogP contribution in [0.1, 0.15) is 26.2 Å². The third-order valence-corrected chi connectivity index (χ3v) is 4.83. The van der Waals surface area contributed by atoms with Crippen LogP contribution < -0.4 is 0 Å². The minimum absolute atomic E-state index is 0.0902. The minimum Gasteiger partial charge on any atom is -0.481 e. The van der Waals surface area contributed by atoms with Gasteiger partial charge in [-0.3, -0.25) is 9.59 Å². The van der Waals surface area contributed by atoms with Gasteiger partial charge in [0.2, 0.25) is 5.91 Å². The maximum absolute atomic E-state index is 12.3. The topological polar surface area (TPSA) is 57.6 Å². The Kier molecular flexibility index (Phi) is 2.42. The van der Waals surface area contributed by atoms with Gasteiger partial charge in [-0.05, 0) is 37.0 Å². The number of hydrogen-bond acceptors (Lipinski definition) is 2. The Bertz CT molecular complexity index is 358. The summed E-state index contributed by atoms with van der Waals surface area (Å²) in [5.74, 6) is 0.981. The van der Waals surface area contributed by atoms with Gasteiger partial charge in [-0.1, -0.05) is 6.92 Å². The first-order chi connectivity index (χ1) is 8.06. The Morgan fingerprint density at radius 2 is 1.76 bits per heavy atom. The number of aliphatic carboxylic acids is 1. The molecular weight excluding hydrogens is 218 g/mol. The Labute approximate surface area is 101 Å². The summed E-state index contributed by atoms with van der Waals surface area (Å²) in [7, 11) is 0. The van der Waals surface area contributed by atoms with Crippen molar-refractivity contribution in [2.24, 2.45) is 29.6 Å². The number of likely N-dealkylation sites (tertiary alicyclic amines) is 1. The monoisotopic (exact) mass is 237 g/mol. The fourth-order valence-corrected chi connectivity index (χ4v) is 3.64. The molecule has 1 saturated heterocycles. The molecule has 17 heavy (non-hydrogen) atoms. The fourth-order valence-electron chi connectivity index (χ4n) is 3.64. The summed E-state index contributed by atoms with van der Waals surface area (Å²) in [6.07, 6.45) is 3.41. The molecule has 3 aliphatic rings. The molecule has 0 aromatic heterocycles. The normalized spacial score (nSPS) is 43.6. The second kappa shape index (κ2) is 3.72. The van der Waals surface area contributed by atoms with Crippen LogP contribution in [0.25, 0.3) is 0 Å². The van der Waals surface area contributed by atoms with Crippen LogP contribution in [0.5, 0.6) is 0 Å². The maximum atomic E-state index is 12.3. The zero-order chi connectivity index (χ0) is 12.2. The van der Waals surface area contributed by atoms with Crippen LogP contribution in [0.3, 0.4) is 0 Å². The van der Waals surface area contributed by atoms with Gasteiger partial charge in [0.1, 0.15) is 0 Å². The molecule has 1 heterocycles. The fraction of sp³-hybridized carbons (Fsp3) is 0.846. The van der Waals surface area contributed by atoms with Crippen LogP contribution >= 0.6 is 0 Å². The number of hydrogen-bond donors (Lipinski definition) is 1. The molecule has 0 aromatic rings. The maximum Gasteiger partial charge on any atom is 0.308 e. The molecule has 94 valence electrons. The molecular formula is C13H19NO3. The Morgan fingerprint density at radius 1 is 1.12 bits per heavy atom. The molecule has 2 aliphatic carbocycles. The van der Waals surface area contributed by atoms with Gasteiger partial charge in [-0.2, -0.15) is 0 Å². The number of carbonyl (C=O) groups is 2. The number of carboxylic acids is 1. The second-order valence-corrected chi connectivity index (χ2v) is 6.09. The number of carboxylic acid groups (broad SMARTS) is 1. The van der Waals surface area contributed by atoms with Crippen molar-refractivity contribution in [2.75, 3.05) is 13.1 Å². The van der Waals surface area contributed by atoms with E-state index in [2.05, 4.69) is 0 Å². The van der Waals surface area contributed by atoms with Crippen molar-refractivity contribution in [3.8, 4) is 0 Å². The highest BCUT2D eigenvalue weighted by Crippen LogP contribution is 2.54. The van der Waals surface area contributed by atoms with Gasteiger partial charge in [0, 0.05) is 19.0 Å². The van der Waals surface area contributed by atoms with Crippen LogP contribution in [0.4, 0.5) is 0 Å². The summed E-state index contributed by atoms with van der Waals surface area (Å²) < 4.78 is 0. The molecule has 4 heteroatoms. The SMILES string of the molecule is CC1CN(C(=O)C2CC3CC3C2)CC1C(=O)O. The van der Waals surface area contributed by atoms with Gasteiger partial charge in [0.05, 0.1) is 5.92 Å². The van der Waals surface area contributed by atoms with E-state index >= 15 is 0 Å². The number of amides is 1. The lowest BCUT2D eigenvalue weighted by Crippen LogP contribution is -2.34. The van der Waals surface area contributed by atoms with Crippen molar-refractivity contribution in [3.05, 3.63) is 0 Å². The van der Waals surface area contributed by atoms with Crippen LogP contribution in [0.15, 0.2) is 0 Å². The number of carbonyl (C=O) groups excluding carboxylic acids is 1. The molecule has 0 radical (unpaired) electrons. The van der Waals surface area contributed by atoms with Crippen molar-refractivity contribution in [3.63, 3.8) is 0 Å². The molecule has 1 amide bonds. The summed E-state index contributed by atoms with van der Waals surface area (Å²) in [4.78, 5) is 25.1. The van der Waals surface area contributed by atoms with Gasteiger partial charge < -0.3 is 10.0 Å². The third kappa shape index (κ3) is 1.83. The van der Waals surface area contributed by atoms with Crippen LogP contribution in [0.2, 0.25) is 0 Å². The predicted molar refractivity (Wildman–Crippen MR) is 61.2 cm³/mol. The van der Waals surface area contributed by atoms with Crippen molar-refractivity contribution >= 4 is 11.9 Å². The summed E-state index contributed by atoms with van der Waals surface area (Å²) in [5.41, 5.74) is 0. The zero-order valence-electron chi connectivity index (χ0n) is 10.1. The molecule has 0 bridgehead atoms. The van der Waals surface area contributed by atoms with Crippen molar-refractivity contribution < 1.29 is 14.7 Å². The highest BCUT2D eigenvalue weighted by atomic mass is 16.4. The second-order valence-electron chi connectivity index (χ2n) is 6.09. The first-order valence-corrected chi connectivity index (χ1v) is 6.58. The lowest BCUT2D eigenvalue weighted by molar-refractivity contribution is -0.142. The van der Waals surface area contributed by atoms with Gasteiger partial charge in [0.15, 0.2) is 0 Å². The van der Waals surface area contributed by atoms with Crippen molar-refractivity contribution in [2.45, 2.75) is 26.2 Å². The lowest BCUT2D eigenvalue weighted by atomic mass is 9.99. The van der Waals surface area contributed by atoms with Crippen LogP contribution in [-0.2, 0) is 9.59 Å². The third-order valence-electron chi connectivity index (χ3n) is 4.83. The first kappa shape index (κ1) is 11.1. The minimum atomic E-state index is -0.762. The van der Waals surface area contributed by atoms with Gasteiger partial charge >= 0.3 is 5.97 Å². The Hall–Kier alpha value is -1.06. The van der Waals surface area contributed by atoms with E-state index in [1.54, 1.807) is 4.90 Å². The molecule has 4 nitrogen and oxygen atoms in total. The van der Waals surface area contributed by atoms with E-state index in [1.165, 1.54) is 6.42 Å². The molecule has 0 aromatic carbocycles. The molecule has 2 saturated carbocycles. The molecule has 4 unspecified atom stereocenters. The average Bonchev–Trinajstić information content (AvgIpc) is 2.74. The van der Waals surface area contributed by atoms with E-state index in [9.17, 15) is 9.59 Å². The van der Waals surface area contributed by atoms with Gasteiger partial charge in [-0.25, -0.2) is 0 Å². The summed E-state index contributed by atoms with van der Waals surface area (Å²) in [6, 6.07) is 0. The molecule has 3 rings (SSSR count). The molecule has 0 spiro atoms. The lowest BCUT2D eigenvalue weighted by Gasteiger charge is -2.21. The van der Waals surface area contributed by atoms with E-state index in [0.717, 1.165) is 24.7 Å². The Morgan fingerprint density at radius 3 is 2.29 bits per heavy atom. The first-order valence-electron chi connectivity index (χ1n) is 6.58. The number of rotatable bonds is 2. The van der Waals surface area contributed by atoms with Crippen LogP contribution in [-0.4, -0.2) is 35.0 Å². The summed E-state index contributed by atoms with van der Waals surface area (Å²) >= 11 is 0. The largest absolute Gasteiger partial charge is 0.481 e. The van der Waals surface area contributed by atoms with E-state index in [0.29, 0.717) is 13.1 Å². The van der Waals surface area contributed by atoms with Gasteiger partial charge in [0.25, 0.3) is 0 Å². The molecule has 3 fully saturated rings. The van der Waals surface area contributed by atoms with Crippen molar-refractivity contribution in [1.82, 2.24) is 4.90 Å². The predicted octanol–water partition coefficient (Wildman–Crippen LogP) is 1.21. The van der Waals surface area contributed by atoms with E-state index in [-0.39, 0.29) is 23.7 Å². The van der Waals surface area contributed by atoms with Crippen LogP contribution in [0, 0.1) is 29.6 Å².